The maximum absolute atomic E-state index is 12.5. The molecular weight excluding hydrogens is 415 g/mol. The molecule has 0 bridgehead atoms. The van der Waals surface area contributed by atoms with E-state index in [-0.39, 0.29) is 12.1 Å². The lowest BCUT2D eigenvalue weighted by molar-refractivity contribution is 0.0998. The maximum atomic E-state index is 12.5. The number of aromatic nitrogens is 1. The highest BCUT2D eigenvalue weighted by Crippen LogP contribution is 2.34. The van der Waals surface area contributed by atoms with E-state index < -0.39 is 5.91 Å². The third-order valence-electron chi connectivity index (χ3n) is 3.52. The van der Waals surface area contributed by atoms with Crippen molar-refractivity contribution < 1.29 is 14.3 Å². The minimum absolute atomic E-state index is 0.250. The van der Waals surface area contributed by atoms with Crippen LogP contribution in [0.1, 0.15) is 10.4 Å². The molecule has 9 heteroatoms. The first-order valence-electron chi connectivity index (χ1n) is 7.21. The van der Waals surface area contributed by atoms with Gasteiger partial charge in [-0.25, -0.2) is 0 Å². The van der Waals surface area contributed by atoms with Crippen molar-refractivity contribution in [3.63, 3.8) is 0 Å². The first-order valence-corrected chi connectivity index (χ1v) is 9.60. The second-order valence-corrected chi connectivity index (χ2v) is 8.30. The Labute approximate surface area is 167 Å². The van der Waals surface area contributed by atoms with Gasteiger partial charge in [0.1, 0.15) is 4.34 Å². The van der Waals surface area contributed by atoms with Crippen LogP contribution in [-0.4, -0.2) is 24.7 Å². The van der Waals surface area contributed by atoms with E-state index in [1.165, 1.54) is 17.4 Å². The zero-order valence-corrected chi connectivity index (χ0v) is 16.9. The van der Waals surface area contributed by atoms with Gasteiger partial charge in [0, 0.05) is 12.1 Å². The lowest BCUT2D eigenvalue weighted by atomic mass is 10.3. The summed E-state index contributed by atoms with van der Waals surface area (Å²) in [5.41, 5.74) is 1.06. The van der Waals surface area contributed by atoms with E-state index in [1.807, 2.05) is 6.07 Å². The van der Waals surface area contributed by atoms with Gasteiger partial charge in [-0.2, -0.15) is 4.99 Å². The Morgan fingerprint density at radius 2 is 1.92 bits per heavy atom. The molecule has 26 heavy (non-hydrogen) atoms. The van der Waals surface area contributed by atoms with E-state index in [9.17, 15) is 4.79 Å². The molecule has 0 aliphatic heterocycles. The van der Waals surface area contributed by atoms with Crippen molar-refractivity contribution in [1.82, 2.24) is 4.57 Å². The molecule has 2 heterocycles. The molecule has 1 amide bonds. The molecular formula is C17H12Cl2N2O3S2. The predicted molar refractivity (Wildman–Crippen MR) is 106 cm³/mol. The van der Waals surface area contributed by atoms with E-state index in [0.717, 1.165) is 21.6 Å². The largest absolute Gasteiger partial charge is 0.493 e. The third kappa shape index (κ3) is 3.46. The molecule has 0 saturated heterocycles. The van der Waals surface area contributed by atoms with Gasteiger partial charge in [0.25, 0.3) is 5.91 Å². The molecule has 0 spiro atoms. The molecule has 0 aliphatic carbocycles. The number of rotatable bonds is 4. The number of halogens is 2. The van der Waals surface area contributed by atoms with Crippen molar-refractivity contribution in [2.75, 3.05) is 14.2 Å². The molecule has 0 aliphatic rings. The number of hydrogen-bond donors (Lipinski definition) is 0. The van der Waals surface area contributed by atoms with Crippen LogP contribution in [0, 0.1) is 12.3 Å². The number of carbonyl (C=O) groups is 1. The van der Waals surface area contributed by atoms with Crippen LogP contribution < -0.4 is 14.3 Å². The quantitative estimate of drug-likeness (QED) is 0.578. The average Bonchev–Trinajstić information content (AvgIpc) is 3.13. The van der Waals surface area contributed by atoms with E-state index >= 15 is 0 Å². The Hall–Kier alpha value is -1.98. The number of terminal acetylenes is 1. The van der Waals surface area contributed by atoms with E-state index in [4.69, 9.17) is 39.1 Å². The van der Waals surface area contributed by atoms with Gasteiger partial charge in [0.05, 0.1) is 40.9 Å². The summed E-state index contributed by atoms with van der Waals surface area (Å²) >= 11 is 14.4. The van der Waals surface area contributed by atoms with Crippen LogP contribution in [0.2, 0.25) is 8.67 Å². The highest BCUT2D eigenvalue weighted by molar-refractivity contribution is 7.20. The number of methoxy groups -OCH3 is 2. The lowest BCUT2D eigenvalue weighted by Gasteiger charge is -2.08. The number of fused-ring (bicyclic) bond motifs is 1. The summed E-state index contributed by atoms with van der Waals surface area (Å²) in [6.07, 6.45) is 5.49. The second-order valence-electron chi connectivity index (χ2n) is 5.00. The van der Waals surface area contributed by atoms with E-state index in [2.05, 4.69) is 10.9 Å². The SMILES string of the molecule is C#CCn1c(=NC(=O)c2cc(Cl)sc2Cl)sc2cc(OC)c(OC)cc21. The minimum Gasteiger partial charge on any atom is -0.493 e. The Bertz CT molecular complexity index is 1110. The fraction of sp³-hybridized carbons (Fsp3) is 0.176. The van der Waals surface area contributed by atoms with Crippen LogP contribution in [0.3, 0.4) is 0 Å². The second kappa shape index (κ2) is 7.72. The highest BCUT2D eigenvalue weighted by Gasteiger charge is 2.16. The standard InChI is InChI=1S/C17H12Cl2N2O3S2/c1-4-5-21-10-7-11(23-2)12(24-3)8-13(10)25-17(21)20-16(22)9-6-14(18)26-15(9)19/h1,6-8H,5H2,2-3H3. The normalized spacial score (nSPS) is 11.6. The zero-order chi connectivity index (χ0) is 18.8. The molecule has 0 N–H and O–H groups in total. The van der Waals surface area contributed by atoms with Gasteiger partial charge >= 0.3 is 0 Å². The van der Waals surface area contributed by atoms with Crippen LogP contribution in [-0.2, 0) is 6.54 Å². The van der Waals surface area contributed by atoms with Crippen molar-refractivity contribution in [3.05, 3.63) is 37.2 Å². The number of hydrogen-bond acceptors (Lipinski definition) is 5. The topological polar surface area (TPSA) is 52.8 Å². The molecule has 2 aromatic heterocycles. The highest BCUT2D eigenvalue weighted by atomic mass is 35.5. The van der Waals surface area contributed by atoms with E-state index in [0.29, 0.717) is 25.0 Å². The van der Waals surface area contributed by atoms with Gasteiger partial charge in [-0.15, -0.1) is 17.8 Å². The van der Waals surface area contributed by atoms with Crippen molar-refractivity contribution in [2.45, 2.75) is 6.54 Å². The summed E-state index contributed by atoms with van der Waals surface area (Å²) in [5, 5.41) is 0. The molecule has 134 valence electrons. The van der Waals surface area contributed by atoms with E-state index in [1.54, 1.807) is 24.9 Å². The number of nitrogens with zero attached hydrogens (tertiary/aromatic N) is 2. The number of benzene rings is 1. The van der Waals surface area contributed by atoms with Gasteiger partial charge in [-0.05, 0) is 6.07 Å². The van der Waals surface area contributed by atoms with Gasteiger partial charge in [-0.3, -0.25) is 4.79 Å². The number of thiazole rings is 1. The van der Waals surface area contributed by atoms with Crippen molar-refractivity contribution in [3.8, 4) is 23.8 Å². The van der Waals surface area contributed by atoms with Gasteiger partial charge in [0.2, 0.25) is 0 Å². The number of carbonyl (C=O) groups excluding carboxylic acids is 1. The molecule has 0 atom stereocenters. The average molecular weight is 427 g/mol. The summed E-state index contributed by atoms with van der Waals surface area (Å²) in [7, 11) is 3.11. The Morgan fingerprint density at radius 3 is 2.50 bits per heavy atom. The van der Waals surface area contributed by atoms with Crippen LogP contribution in [0.15, 0.2) is 23.2 Å². The van der Waals surface area contributed by atoms with Gasteiger partial charge < -0.3 is 14.0 Å². The molecule has 0 fully saturated rings. The molecule has 0 radical (unpaired) electrons. The number of thiophene rings is 1. The first-order chi connectivity index (χ1) is 12.5. The fourth-order valence-electron chi connectivity index (χ4n) is 2.36. The monoisotopic (exact) mass is 426 g/mol. The molecule has 3 aromatic rings. The summed E-state index contributed by atoms with van der Waals surface area (Å²) in [5.74, 6) is 3.25. The van der Waals surface area contributed by atoms with Crippen LogP contribution in [0.25, 0.3) is 10.2 Å². The summed E-state index contributed by atoms with van der Waals surface area (Å²) in [6, 6.07) is 5.13. The zero-order valence-electron chi connectivity index (χ0n) is 13.7. The minimum atomic E-state index is -0.477. The molecule has 5 nitrogen and oxygen atoms in total. The van der Waals surface area contributed by atoms with Gasteiger partial charge in [0.15, 0.2) is 16.3 Å². The number of amides is 1. The Morgan fingerprint density at radius 1 is 1.23 bits per heavy atom. The van der Waals surface area contributed by atoms with Crippen LogP contribution in [0.4, 0.5) is 0 Å². The maximum Gasteiger partial charge on any atom is 0.282 e. The van der Waals surface area contributed by atoms with Crippen molar-refractivity contribution in [2.24, 2.45) is 4.99 Å². The van der Waals surface area contributed by atoms with Crippen molar-refractivity contribution in [1.29, 1.82) is 0 Å². The lowest BCUT2D eigenvalue weighted by Crippen LogP contribution is -2.16. The Balaban J connectivity index is 2.21. The van der Waals surface area contributed by atoms with Crippen molar-refractivity contribution >= 4 is 62.0 Å². The smallest absolute Gasteiger partial charge is 0.282 e. The van der Waals surface area contributed by atoms with Crippen LogP contribution in [0.5, 0.6) is 11.5 Å². The Kier molecular flexibility index (Phi) is 5.58. The summed E-state index contributed by atoms with van der Waals surface area (Å²) < 4.78 is 14.0. The predicted octanol–water partition coefficient (Wildman–Crippen LogP) is 4.46. The number of ether oxygens (including phenoxy) is 2. The molecule has 0 saturated carbocycles. The third-order valence-corrected chi connectivity index (χ3v) is 6.05. The van der Waals surface area contributed by atoms with Gasteiger partial charge in [-0.1, -0.05) is 40.5 Å². The summed E-state index contributed by atoms with van der Waals surface area (Å²) in [6.45, 7) is 0.250. The first kappa shape index (κ1) is 18.8. The van der Waals surface area contributed by atoms with Crippen LogP contribution >= 0.6 is 45.9 Å². The fourth-order valence-corrected chi connectivity index (χ4v) is 4.85. The summed E-state index contributed by atoms with van der Waals surface area (Å²) in [4.78, 5) is 17.2. The molecule has 1 aromatic carbocycles. The molecule has 0 unspecified atom stereocenters. The molecule has 3 rings (SSSR count).